The van der Waals surface area contributed by atoms with E-state index in [4.69, 9.17) is 34.8 Å². The van der Waals surface area contributed by atoms with Gasteiger partial charge in [0.05, 0.1) is 46.4 Å². The van der Waals surface area contributed by atoms with Crippen LogP contribution in [0, 0.1) is 19.3 Å². The van der Waals surface area contributed by atoms with E-state index in [0.29, 0.717) is 40.5 Å². The summed E-state index contributed by atoms with van der Waals surface area (Å²) >= 11 is 0. The first-order valence-corrected chi connectivity index (χ1v) is 21.5. The van der Waals surface area contributed by atoms with Gasteiger partial charge >= 0.3 is 23.6 Å². The average molecular weight is 879 g/mol. The Labute approximate surface area is 360 Å². The van der Waals surface area contributed by atoms with Crippen molar-refractivity contribution in [2.45, 2.75) is 88.9 Å². The molecule has 0 aliphatic carbocycles. The van der Waals surface area contributed by atoms with Crippen molar-refractivity contribution >= 4 is 22.2 Å². The minimum absolute atomic E-state index is 0.0315. The average Bonchev–Trinajstić information content (AvgIpc) is 3.50. The molecule has 4 aromatic rings. The van der Waals surface area contributed by atoms with E-state index in [9.17, 15) is 27.6 Å². The maximum atomic E-state index is 14.3. The molecule has 2 N–H and O–H groups in total. The number of carbonyl (C=O) groups excluding carboxylic acids is 2. The zero-order chi connectivity index (χ0) is 45.0. The first-order chi connectivity index (χ1) is 29.8. The zero-order valence-corrected chi connectivity index (χ0v) is 36.6. The Kier molecular flexibility index (Phi) is 16.1. The van der Waals surface area contributed by atoms with E-state index in [-0.39, 0.29) is 24.5 Å². The summed E-state index contributed by atoms with van der Waals surface area (Å²) in [6.07, 6.45) is 3.86. The third-order valence-electron chi connectivity index (χ3n) is 10.4. The Morgan fingerprint density at radius 2 is 1.35 bits per heavy atom. The van der Waals surface area contributed by atoms with Gasteiger partial charge in [0.2, 0.25) is 10.0 Å². The highest BCUT2D eigenvalue weighted by Gasteiger charge is 2.46. The molecule has 2 amide bonds. The quantitative estimate of drug-likeness (QED) is 0.0949. The minimum Gasteiger partial charge on any atom is -0.493 e. The van der Waals surface area contributed by atoms with Crippen LogP contribution in [0.1, 0.15) is 55.3 Å². The molecule has 0 unspecified atom stereocenters. The molecule has 5 rings (SSSR count). The fraction of sp³-hybridized carbons (Fsp3) is 0.442. The fourth-order valence-corrected chi connectivity index (χ4v) is 8.48. The number of unbranched alkanes of at least 4 members (excludes halogenated alkanes) is 3. The molecule has 1 aliphatic rings. The molecule has 3 aromatic carbocycles. The molecule has 0 saturated carbocycles. The van der Waals surface area contributed by atoms with Crippen LogP contribution in [0.2, 0.25) is 0 Å². The smallest absolute Gasteiger partial charge is 0.407 e. The molecular formula is C43H54N6O12S. The van der Waals surface area contributed by atoms with Gasteiger partial charge in [0.15, 0.2) is 35.2 Å². The van der Waals surface area contributed by atoms with Gasteiger partial charge in [-0.1, -0.05) is 61.9 Å². The Bertz CT molecular complexity index is 2460. The summed E-state index contributed by atoms with van der Waals surface area (Å²) in [5.74, 6) is 4.17. The number of benzene rings is 3. The van der Waals surface area contributed by atoms with Crippen molar-refractivity contribution in [1.29, 1.82) is 0 Å². The number of hydrogen-bond acceptors (Lipinski definition) is 12. The zero-order valence-electron chi connectivity index (χ0n) is 35.8. The van der Waals surface area contributed by atoms with Crippen LogP contribution in [0.5, 0.6) is 23.0 Å². The van der Waals surface area contributed by atoms with Gasteiger partial charge in [0.25, 0.3) is 0 Å². The first-order valence-electron chi connectivity index (χ1n) is 20.0. The number of hydrogen-bond donors (Lipinski definition) is 2. The number of methoxy groups -OCH3 is 4. The predicted octanol–water partition coefficient (Wildman–Crippen LogP) is 4.20. The van der Waals surface area contributed by atoms with Crippen molar-refractivity contribution in [1.82, 2.24) is 28.9 Å². The van der Waals surface area contributed by atoms with Crippen molar-refractivity contribution < 1.29 is 46.4 Å². The number of carbonyl (C=O) groups is 2. The lowest BCUT2D eigenvalue weighted by Gasteiger charge is -2.39. The van der Waals surface area contributed by atoms with Crippen LogP contribution in [0.15, 0.2) is 75.1 Å². The van der Waals surface area contributed by atoms with Crippen LogP contribution >= 0.6 is 0 Å². The van der Waals surface area contributed by atoms with Gasteiger partial charge in [-0.2, -0.15) is 4.31 Å². The second-order valence-corrected chi connectivity index (χ2v) is 16.4. The number of ether oxygens (including phenoxy) is 6. The Hall–Kier alpha value is -6.39. The number of sulfonamides is 1. The summed E-state index contributed by atoms with van der Waals surface area (Å²) < 4.78 is 66.1. The van der Waals surface area contributed by atoms with E-state index in [1.807, 2.05) is 6.92 Å². The lowest BCUT2D eigenvalue weighted by atomic mass is 10.0. The third-order valence-corrected chi connectivity index (χ3v) is 12.2. The molecule has 19 heteroatoms. The van der Waals surface area contributed by atoms with E-state index in [2.05, 4.69) is 16.6 Å². The Balaban J connectivity index is 1.56. The molecule has 1 aromatic heterocycles. The topological polar surface area (TPSA) is 200 Å². The number of alkyl carbamates (subject to hydrolysis) is 2. The Morgan fingerprint density at radius 3 is 1.89 bits per heavy atom. The summed E-state index contributed by atoms with van der Waals surface area (Å²) in [6.45, 7) is 2.36. The number of rotatable bonds is 20. The van der Waals surface area contributed by atoms with Gasteiger partial charge in [-0.15, -0.1) is 6.42 Å². The van der Waals surface area contributed by atoms with Crippen LogP contribution in [0.4, 0.5) is 9.59 Å². The van der Waals surface area contributed by atoms with Gasteiger partial charge in [-0.25, -0.2) is 41.5 Å². The number of aryl methyl sites for hydroxylation is 1. The van der Waals surface area contributed by atoms with Crippen LogP contribution in [-0.4, -0.2) is 92.6 Å². The molecule has 2 heterocycles. The van der Waals surface area contributed by atoms with E-state index in [0.717, 1.165) is 43.1 Å². The second-order valence-electron chi connectivity index (χ2n) is 14.5. The molecule has 18 nitrogen and oxygen atoms in total. The molecule has 0 fully saturated rings. The number of aromatic nitrogens is 3. The highest BCUT2D eigenvalue weighted by atomic mass is 32.2. The largest absolute Gasteiger partial charge is 0.493 e. The van der Waals surface area contributed by atoms with Gasteiger partial charge in [0, 0.05) is 26.2 Å². The van der Waals surface area contributed by atoms with Gasteiger partial charge in [-0.05, 0) is 60.9 Å². The number of nitrogens with one attached hydrogen (secondary N) is 2. The van der Waals surface area contributed by atoms with Crippen LogP contribution in [0.25, 0.3) is 0 Å². The first kappa shape index (κ1) is 46.7. The van der Waals surface area contributed by atoms with Crippen LogP contribution in [0.3, 0.4) is 0 Å². The number of terminal acetylenes is 1. The molecular weight excluding hydrogens is 825 g/mol. The monoisotopic (exact) mass is 878 g/mol. The number of amides is 2. The van der Waals surface area contributed by atoms with Crippen molar-refractivity contribution in [3.05, 3.63) is 98.3 Å². The summed E-state index contributed by atoms with van der Waals surface area (Å²) in [7, 11) is 1.58. The van der Waals surface area contributed by atoms with Crippen LogP contribution < -0.4 is 41.0 Å². The van der Waals surface area contributed by atoms with E-state index in [1.54, 1.807) is 55.5 Å². The molecule has 62 heavy (non-hydrogen) atoms. The third kappa shape index (κ3) is 10.9. The molecule has 3 atom stereocenters. The molecule has 0 radical (unpaired) electrons. The Morgan fingerprint density at radius 1 is 0.790 bits per heavy atom. The summed E-state index contributed by atoms with van der Waals surface area (Å²) in [6, 6.07) is 14.7. The summed E-state index contributed by atoms with van der Waals surface area (Å²) in [4.78, 5) is 55.7. The maximum absolute atomic E-state index is 14.3. The molecule has 0 saturated heterocycles. The summed E-state index contributed by atoms with van der Waals surface area (Å²) in [5.41, 5.74) is 0.571. The SMILES string of the molecule is C#CCN(C[C@@H]1[C@@H](OC(=O)NCc2ccc(OC)c(OC)c2)[C@@H](OC(=O)NCc2ccc(OC)c(OC)c2)Cn2c(=O)n(CCCCCC)c(=O)n21)S(=O)(=O)c1ccc(C)cc1. The van der Waals surface area contributed by atoms with E-state index >= 15 is 0 Å². The molecule has 334 valence electrons. The molecule has 0 spiro atoms. The minimum atomic E-state index is -4.36. The molecule has 0 bridgehead atoms. The molecule has 1 aliphatic heterocycles. The van der Waals surface area contributed by atoms with Gasteiger partial charge < -0.3 is 39.1 Å². The van der Waals surface area contributed by atoms with E-state index < -0.39 is 71.5 Å². The standard InChI is InChI=1S/C43H54N6O12S/c1-8-10-11-12-22-47-42(52)48-28-38(60-40(50)44-25-30-15-19-34(56-4)36(23-30)58-6)39(61-41(51)45-26-31-16-20-35(57-5)37(24-31)59-7)33(49(48)43(47)53)27-46(21-9-2)62(54,55)32-17-13-29(3)14-18-32/h2,13-20,23-24,33,38-39H,8,10-12,21-22,25-28H2,1,3-7H3,(H,44,50)(H,45,51)/t33-,38+,39-/m1/s1. The van der Waals surface area contributed by atoms with Crippen molar-refractivity contribution in [3.8, 4) is 35.3 Å². The number of nitrogens with zero attached hydrogens (tertiary/aromatic N) is 4. The van der Waals surface area contributed by atoms with Crippen molar-refractivity contribution in [2.75, 3.05) is 41.5 Å². The fourth-order valence-electron chi connectivity index (χ4n) is 7.11. The van der Waals surface area contributed by atoms with E-state index in [1.165, 1.54) is 40.6 Å². The lowest BCUT2D eigenvalue weighted by Crippen LogP contribution is -2.57. The normalized spacial score (nSPS) is 15.8. The second kappa shape index (κ2) is 21.4. The summed E-state index contributed by atoms with van der Waals surface area (Å²) in [5, 5.41) is 5.34. The van der Waals surface area contributed by atoms with Gasteiger partial charge in [0.1, 0.15) is 6.04 Å². The maximum Gasteiger partial charge on any atom is 0.407 e. The lowest BCUT2D eigenvalue weighted by molar-refractivity contribution is -0.0715. The highest BCUT2D eigenvalue weighted by Crippen LogP contribution is 2.31. The van der Waals surface area contributed by atoms with Crippen molar-refractivity contribution in [2.24, 2.45) is 0 Å². The number of fused-ring (bicyclic) bond motifs is 1. The highest BCUT2D eigenvalue weighted by molar-refractivity contribution is 7.89. The predicted molar refractivity (Wildman–Crippen MR) is 228 cm³/mol. The van der Waals surface area contributed by atoms with Crippen LogP contribution in [-0.2, 0) is 45.7 Å². The van der Waals surface area contributed by atoms with Crippen molar-refractivity contribution in [3.63, 3.8) is 0 Å². The van der Waals surface area contributed by atoms with Gasteiger partial charge in [-0.3, -0.25) is 0 Å².